The molecule has 0 saturated heterocycles. The minimum Gasteiger partial charge on any atom is -0.464 e. The largest absolute Gasteiger partial charge is 0.464 e. The van der Waals surface area contributed by atoms with Gasteiger partial charge in [0.1, 0.15) is 21.2 Å². The summed E-state index contributed by atoms with van der Waals surface area (Å²) in [6.45, 7) is 6.13. The number of hydrogen-bond donors (Lipinski definition) is 1. The molecule has 3 aromatic heterocycles. The molecular formula is C22H21BrClN5O2. The number of ether oxygens (including phenoxy) is 1. The van der Waals surface area contributed by atoms with Crippen LogP contribution in [0.25, 0.3) is 16.6 Å². The van der Waals surface area contributed by atoms with Crippen molar-refractivity contribution in [2.24, 2.45) is 0 Å². The number of carbonyl (C=O) groups is 1. The Morgan fingerprint density at radius 3 is 2.77 bits per heavy atom. The first-order valence-corrected chi connectivity index (χ1v) is 11.0. The summed E-state index contributed by atoms with van der Waals surface area (Å²) in [5.74, 6) is 0.364. The number of nitrogens with one attached hydrogen (secondary N) is 1. The maximum atomic E-state index is 12.2. The molecule has 0 saturated carbocycles. The zero-order valence-electron chi connectivity index (χ0n) is 17.5. The third kappa shape index (κ3) is 3.97. The van der Waals surface area contributed by atoms with E-state index in [1.165, 1.54) is 7.11 Å². The molecular weight excluding hydrogens is 482 g/mol. The van der Waals surface area contributed by atoms with Crippen molar-refractivity contribution in [2.45, 2.75) is 33.2 Å². The number of benzene rings is 1. The molecule has 9 heteroatoms. The van der Waals surface area contributed by atoms with E-state index in [9.17, 15) is 4.79 Å². The molecule has 1 atom stereocenters. The molecule has 160 valence electrons. The zero-order valence-corrected chi connectivity index (χ0v) is 19.9. The van der Waals surface area contributed by atoms with E-state index in [0.29, 0.717) is 5.69 Å². The smallest absolute Gasteiger partial charge is 0.358 e. The topological polar surface area (TPSA) is 81.4 Å². The first-order valence-electron chi connectivity index (χ1n) is 9.81. The van der Waals surface area contributed by atoms with Crippen LogP contribution in [0.5, 0.6) is 0 Å². The molecule has 7 nitrogen and oxygen atoms in total. The summed E-state index contributed by atoms with van der Waals surface area (Å²) >= 11 is 9.48. The predicted octanol–water partition coefficient (Wildman–Crippen LogP) is 5.52. The lowest BCUT2D eigenvalue weighted by Gasteiger charge is -2.20. The third-order valence-corrected chi connectivity index (χ3v) is 5.71. The Hall–Kier alpha value is -2.71. The number of halogens is 2. The summed E-state index contributed by atoms with van der Waals surface area (Å²) < 4.78 is 7.65. The average molecular weight is 503 g/mol. The summed E-state index contributed by atoms with van der Waals surface area (Å²) in [5.41, 5.74) is 4.49. The molecule has 0 amide bonds. The zero-order chi connectivity index (χ0) is 22.3. The van der Waals surface area contributed by atoms with Crippen molar-refractivity contribution < 1.29 is 9.53 Å². The summed E-state index contributed by atoms with van der Waals surface area (Å²) in [4.78, 5) is 26.0. The van der Waals surface area contributed by atoms with Crippen LogP contribution < -0.4 is 5.32 Å². The van der Waals surface area contributed by atoms with Gasteiger partial charge in [-0.1, -0.05) is 24.6 Å². The number of carbonyl (C=O) groups excluding carboxylic acids is 1. The van der Waals surface area contributed by atoms with Crippen molar-refractivity contribution in [2.75, 3.05) is 12.4 Å². The number of methoxy groups -OCH3 is 1. The SMILES string of the molecule is CCc1nc2c(C(C)Nc3ccc(Cl)nc3C(=O)OC)cc(C)cc2c2nc(Br)cn12. The average Bonchev–Trinajstić information content (AvgIpc) is 3.15. The van der Waals surface area contributed by atoms with Crippen LogP contribution in [0.2, 0.25) is 5.15 Å². The first-order chi connectivity index (χ1) is 14.8. The molecule has 31 heavy (non-hydrogen) atoms. The molecule has 0 bridgehead atoms. The van der Waals surface area contributed by atoms with Crippen LogP contribution in [0.1, 0.15) is 47.3 Å². The monoisotopic (exact) mass is 501 g/mol. The highest BCUT2D eigenvalue weighted by atomic mass is 79.9. The number of imidazole rings is 1. The molecule has 0 fully saturated rings. The quantitative estimate of drug-likeness (QED) is 0.286. The van der Waals surface area contributed by atoms with Gasteiger partial charge in [-0.2, -0.15) is 0 Å². The van der Waals surface area contributed by atoms with Gasteiger partial charge >= 0.3 is 5.97 Å². The number of nitrogens with zero attached hydrogens (tertiary/aromatic N) is 4. The van der Waals surface area contributed by atoms with Crippen LogP contribution >= 0.6 is 27.5 Å². The number of aromatic nitrogens is 4. The van der Waals surface area contributed by atoms with E-state index in [0.717, 1.165) is 44.5 Å². The van der Waals surface area contributed by atoms with Crippen LogP contribution in [0, 0.1) is 6.92 Å². The molecule has 0 aliphatic carbocycles. The Balaban J connectivity index is 1.87. The summed E-state index contributed by atoms with van der Waals surface area (Å²) in [5, 5.41) is 4.57. The fourth-order valence-corrected chi connectivity index (χ4v) is 4.24. The Morgan fingerprint density at radius 2 is 2.06 bits per heavy atom. The molecule has 3 heterocycles. The maximum Gasteiger partial charge on any atom is 0.358 e. The molecule has 0 radical (unpaired) electrons. The van der Waals surface area contributed by atoms with Crippen LogP contribution in [0.4, 0.5) is 5.69 Å². The van der Waals surface area contributed by atoms with Gasteiger partial charge in [-0.05, 0) is 53.5 Å². The summed E-state index contributed by atoms with van der Waals surface area (Å²) in [6, 6.07) is 7.38. The second-order valence-electron chi connectivity index (χ2n) is 7.28. The van der Waals surface area contributed by atoms with Gasteiger partial charge in [0.2, 0.25) is 0 Å². The van der Waals surface area contributed by atoms with Gasteiger partial charge < -0.3 is 10.1 Å². The minimum absolute atomic E-state index is 0.139. The Kier molecular flexibility index (Phi) is 5.85. The van der Waals surface area contributed by atoms with E-state index in [1.54, 1.807) is 12.1 Å². The Morgan fingerprint density at radius 1 is 1.29 bits per heavy atom. The number of fused-ring (bicyclic) bond motifs is 3. The van der Waals surface area contributed by atoms with Crippen LogP contribution in [-0.4, -0.2) is 32.4 Å². The fraction of sp³-hybridized carbons (Fsp3) is 0.273. The highest BCUT2D eigenvalue weighted by Crippen LogP contribution is 2.31. The van der Waals surface area contributed by atoms with E-state index in [4.69, 9.17) is 21.3 Å². The number of hydrogen-bond acceptors (Lipinski definition) is 6. The first kappa shape index (κ1) is 21.5. The lowest BCUT2D eigenvalue weighted by molar-refractivity contribution is 0.0595. The van der Waals surface area contributed by atoms with Gasteiger partial charge in [0.15, 0.2) is 5.69 Å². The van der Waals surface area contributed by atoms with Gasteiger partial charge in [-0.25, -0.2) is 19.7 Å². The van der Waals surface area contributed by atoms with Crippen LogP contribution in [0.15, 0.2) is 35.1 Å². The number of rotatable bonds is 5. The van der Waals surface area contributed by atoms with Gasteiger partial charge in [0.25, 0.3) is 0 Å². The molecule has 1 aromatic carbocycles. The highest BCUT2D eigenvalue weighted by Gasteiger charge is 2.20. The van der Waals surface area contributed by atoms with Gasteiger partial charge in [-0.15, -0.1) is 0 Å². The van der Waals surface area contributed by atoms with E-state index in [-0.39, 0.29) is 16.9 Å². The lowest BCUT2D eigenvalue weighted by Crippen LogP contribution is -2.14. The summed E-state index contributed by atoms with van der Waals surface area (Å²) in [6.07, 6.45) is 2.70. The van der Waals surface area contributed by atoms with Crippen molar-refractivity contribution in [3.05, 3.63) is 62.9 Å². The van der Waals surface area contributed by atoms with E-state index < -0.39 is 5.97 Å². The van der Waals surface area contributed by atoms with E-state index in [2.05, 4.69) is 50.3 Å². The minimum atomic E-state index is -0.554. The van der Waals surface area contributed by atoms with E-state index >= 15 is 0 Å². The summed E-state index contributed by atoms with van der Waals surface area (Å²) in [7, 11) is 1.32. The highest BCUT2D eigenvalue weighted by molar-refractivity contribution is 9.10. The molecule has 1 N–H and O–H groups in total. The predicted molar refractivity (Wildman–Crippen MR) is 125 cm³/mol. The van der Waals surface area contributed by atoms with Crippen molar-refractivity contribution in [1.29, 1.82) is 0 Å². The Bertz CT molecular complexity index is 1320. The molecule has 0 aliphatic heterocycles. The number of aryl methyl sites for hydroxylation is 2. The standard InChI is InChI=1S/C22H21BrClN5O2/c1-5-18-28-19-13(8-11(2)9-14(19)21-26-16(23)10-29(18)21)12(3)25-15-6-7-17(24)27-20(15)22(30)31-4/h6-10,12,25H,5H2,1-4H3. The number of anilines is 1. The number of esters is 1. The second-order valence-corrected chi connectivity index (χ2v) is 8.48. The molecule has 0 aliphatic rings. The van der Waals surface area contributed by atoms with Gasteiger partial charge in [0, 0.05) is 23.6 Å². The number of pyridine rings is 1. The molecule has 4 rings (SSSR count). The third-order valence-electron chi connectivity index (χ3n) is 5.11. The second kappa shape index (κ2) is 8.43. The molecule has 1 unspecified atom stereocenters. The Labute approximate surface area is 192 Å². The van der Waals surface area contributed by atoms with Crippen LogP contribution in [0.3, 0.4) is 0 Å². The van der Waals surface area contributed by atoms with Gasteiger partial charge in [0.05, 0.1) is 24.4 Å². The molecule has 4 aromatic rings. The van der Waals surface area contributed by atoms with Crippen molar-refractivity contribution in [3.8, 4) is 0 Å². The fourth-order valence-electron chi connectivity index (χ4n) is 3.72. The van der Waals surface area contributed by atoms with Crippen LogP contribution in [-0.2, 0) is 11.2 Å². The normalized spacial score (nSPS) is 12.3. The van der Waals surface area contributed by atoms with Crippen molar-refractivity contribution in [3.63, 3.8) is 0 Å². The molecule has 0 spiro atoms. The van der Waals surface area contributed by atoms with Crippen molar-refractivity contribution in [1.82, 2.24) is 19.4 Å². The maximum absolute atomic E-state index is 12.2. The van der Waals surface area contributed by atoms with Gasteiger partial charge in [-0.3, -0.25) is 4.40 Å². The van der Waals surface area contributed by atoms with E-state index in [1.807, 2.05) is 24.4 Å². The lowest BCUT2D eigenvalue weighted by atomic mass is 10.0. The van der Waals surface area contributed by atoms with Crippen molar-refractivity contribution >= 4 is 55.7 Å².